The molecule has 7 heteroatoms. The molecule has 7 nitrogen and oxygen atoms in total. The predicted molar refractivity (Wildman–Crippen MR) is 106 cm³/mol. The fourth-order valence-electron chi connectivity index (χ4n) is 3.26. The van der Waals surface area contributed by atoms with Gasteiger partial charge in [-0.2, -0.15) is 5.10 Å². The van der Waals surface area contributed by atoms with E-state index < -0.39 is 6.04 Å². The topological polar surface area (TPSA) is 81.8 Å². The smallest absolute Gasteiger partial charge is 0.274 e. The summed E-state index contributed by atoms with van der Waals surface area (Å²) in [6.45, 7) is 0. The first-order valence-corrected chi connectivity index (χ1v) is 8.85. The summed E-state index contributed by atoms with van der Waals surface area (Å²) in [6, 6.07) is 16.2. The number of aromatic nitrogens is 4. The van der Waals surface area contributed by atoms with Gasteiger partial charge in [-0.3, -0.25) is 9.59 Å². The number of imidazole rings is 1. The van der Waals surface area contributed by atoms with Gasteiger partial charge >= 0.3 is 0 Å². The molecule has 0 saturated carbocycles. The zero-order valence-electron chi connectivity index (χ0n) is 15.5. The van der Waals surface area contributed by atoms with Gasteiger partial charge in [0.2, 0.25) is 0 Å². The molecule has 1 atom stereocenters. The highest BCUT2D eigenvalue weighted by atomic mass is 16.2. The molecule has 0 bridgehead atoms. The van der Waals surface area contributed by atoms with Crippen LogP contribution in [0.25, 0.3) is 10.8 Å². The summed E-state index contributed by atoms with van der Waals surface area (Å²) in [5.74, 6) is 0.331. The van der Waals surface area contributed by atoms with Crippen LogP contribution in [0.2, 0.25) is 0 Å². The van der Waals surface area contributed by atoms with E-state index in [0.29, 0.717) is 16.6 Å². The Labute approximate surface area is 161 Å². The summed E-state index contributed by atoms with van der Waals surface area (Å²) in [5.41, 5.74) is 0.864. The van der Waals surface area contributed by atoms with E-state index in [1.165, 1.54) is 4.68 Å². The Kier molecular flexibility index (Phi) is 4.49. The van der Waals surface area contributed by atoms with Gasteiger partial charge in [0, 0.05) is 31.9 Å². The second-order valence-corrected chi connectivity index (χ2v) is 6.54. The number of hydrogen-bond acceptors (Lipinski definition) is 4. The van der Waals surface area contributed by atoms with Crippen molar-refractivity contribution in [2.45, 2.75) is 6.04 Å². The van der Waals surface area contributed by atoms with E-state index >= 15 is 0 Å². The van der Waals surface area contributed by atoms with Crippen LogP contribution in [0.3, 0.4) is 0 Å². The Morgan fingerprint density at radius 3 is 2.36 bits per heavy atom. The number of amides is 1. The Morgan fingerprint density at radius 1 is 1.00 bits per heavy atom. The molecule has 0 fully saturated rings. The van der Waals surface area contributed by atoms with E-state index in [4.69, 9.17) is 0 Å². The van der Waals surface area contributed by atoms with E-state index in [-0.39, 0.29) is 17.2 Å². The average Bonchev–Trinajstić information content (AvgIpc) is 3.15. The second kappa shape index (κ2) is 7.11. The van der Waals surface area contributed by atoms with Gasteiger partial charge in [0.25, 0.3) is 11.5 Å². The summed E-state index contributed by atoms with van der Waals surface area (Å²) in [4.78, 5) is 29.9. The van der Waals surface area contributed by atoms with Gasteiger partial charge in [0.15, 0.2) is 5.69 Å². The van der Waals surface area contributed by atoms with Crippen molar-refractivity contribution in [2.24, 2.45) is 14.1 Å². The maximum absolute atomic E-state index is 13.2. The quantitative estimate of drug-likeness (QED) is 0.594. The average molecular weight is 373 g/mol. The van der Waals surface area contributed by atoms with Crippen molar-refractivity contribution in [1.82, 2.24) is 24.6 Å². The Balaban J connectivity index is 1.80. The Morgan fingerprint density at radius 2 is 1.68 bits per heavy atom. The molecule has 0 unspecified atom stereocenters. The van der Waals surface area contributed by atoms with Crippen molar-refractivity contribution in [3.63, 3.8) is 0 Å². The van der Waals surface area contributed by atoms with Crippen LogP contribution in [0.5, 0.6) is 0 Å². The zero-order valence-corrected chi connectivity index (χ0v) is 15.5. The second-order valence-electron chi connectivity index (χ2n) is 6.54. The highest BCUT2D eigenvalue weighted by Crippen LogP contribution is 2.21. The minimum absolute atomic E-state index is 0.202. The van der Waals surface area contributed by atoms with Gasteiger partial charge in [-0.1, -0.05) is 48.5 Å². The highest BCUT2D eigenvalue weighted by molar-refractivity contribution is 6.05. The molecule has 0 aliphatic carbocycles. The number of hydrogen-bond donors (Lipinski definition) is 1. The monoisotopic (exact) mass is 373 g/mol. The molecule has 4 rings (SSSR count). The van der Waals surface area contributed by atoms with Gasteiger partial charge in [-0.15, -0.1) is 0 Å². The van der Waals surface area contributed by atoms with Gasteiger partial charge in [0.05, 0.1) is 5.39 Å². The molecule has 1 amide bonds. The van der Waals surface area contributed by atoms with Crippen molar-refractivity contribution in [3.05, 3.63) is 94.4 Å². The molecule has 28 heavy (non-hydrogen) atoms. The lowest BCUT2D eigenvalue weighted by molar-refractivity contribution is 0.0936. The molecule has 2 aromatic heterocycles. The summed E-state index contributed by atoms with van der Waals surface area (Å²) in [5, 5.41) is 8.23. The minimum Gasteiger partial charge on any atom is -0.337 e. The lowest BCUT2D eigenvalue weighted by Crippen LogP contribution is -2.33. The molecule has 0 aliphatic heterocycles. The molecular weight excluding hydrogens is 354 g/mol. The number of aryl methyl sites for hydroxylation is 2. The number of rotatable bonds is 4. The first-order chi connectivity index (χ1) is 13.6. The van der Waals surface area contributed by atoms with Gasteiger partial charge in [-0.05, 0) is 11.6 Å². The van der Waals surface area contributed by atoms with Crippen LogP contribution < -0.4 is 10.9 Å². The summed E-state index contributed by atoms with van der Waals surface area (Å²) in [6.07, 6.45) is 3.52. The number of carbonyl (C=O) groups is 1. The molecule has 0 saturated heterocycles. The highest BCUT2D eigenvalue weighted by Gasteiger charge is 2.23. The fraction of sp³-hybridized carbons (Fsp3) is 0.143. The lowest BCUT2D eigenvalue weighted by Gasteiger charge is -2.19. The van der Waals surface area contributed by atoms with Crippen LogP contribution in [-0.4, -0.2) is 25.2 Å². The van der Waals surface area contributed by atoms with E-state index in [1.54, 1.807) is 37.5 Å². The van der Waals surface area contributed by atoms with Crippen molar-refractivity contribution in [2.75, 3.05) is 0 Å². The number of benzene rings is 2. The molecule has 2 aromatic carbocycles. The van der Waals surface area contributed by atoms with Crippen molar-refractivity contribution < 1.29 is 4.79 Å². The summed E-state index contributed by atoms with van der Waals surface area (Å²) >= 11 is 0. The van der Waals surface area contributed by atoms with E-state index in [1.807, 2.05) is 48.1 Å². The normalized spacial score (nSPS) is 12.1. The summed E-state index contributed by atoms with van der Waals surface area (Å²) < 4.78 is 3.06. The largest absolute Gasteiger partial charge is 0.337 e. The Hall–Kier alpha value is -3.74. The number of fused-ring (bicyclic) bond motifs is 1. The van der Waals surface area contributed by atoms with Crippen LogP contribution >= 0.6 is 0 Å². The maximum atomic E-state index is 13.2. The molecule has 4 aromatic rings. The maximum Gasteiger partial charge on any atom is 0.274 e. The standard InChI is InChI=1S/C21H19N5O2/c1-25-13-12-22-19(25)17(14-8-4-3-5-9-14)23-20(27)18-15-10-6-7-11-16(15)21(28)26(2)24-18/h3-13,17H,1-2H3,(H,23,27)/t17-/m1/s1. The van der Waals surface area contributed by atoms with E-state index in [2.05, 4.69) is 15.4 Å². The van der Waals surface area contributed by atoms with Crippen molar-refractivity contribution >= 4 is 16.7 Å². The third kappa shape index (κ3) is 3.07. The van der Waals surface area contributed by atoms with Crippen LogP contribution in [0, 0.1) is 0 Å². The predicted octanol–water partition coefficient (Wildman–Crippen LogP) is 2.19. The minimum atomic E-state index is -0.452. The molecular formula is C21H19N5O2. The number of carbonyl (C=O) groups excluding carboxylic acids is 1. The molecule has 0 aliphatic rings. The van der Waals surface area contributed by atoms with Crippen molar-refractivity contribution in [3.8, 4) is 0 Å². The van der Waals surface area contributed by atoms with Crippen LogP contribution in [0.4, 0.5) is 0 Å². The fourth-order valence-corrected chi connectivity index (χ4v) is 3.26. The first-order valence-electron chi connectivity index (χ1n) is 8.85. The van der Waals surface area contributed by atoms with Crippen LogP contribution in [-0.2, 0) is 14.1 Å². The first kappa shape index (κ1) is 17.7. The van der Waals surface area contributed by atoms with Gasteiger partial charge < -0.3 is 9.88 Å². The third-order valence-electron chi connectivity index (χ3n) is 4.70. The zero-order chi connectivity index (χ0) is 19.7. The Bertz CT molecular complexity index is 1210. The van der Waals surface area contributed by atoms with Gasteiger partial charge in [0.1, 0.15) is 11.9 Å². The van der Waals surface area contributed by atoms with E-state index in [0.717, 1.165) is 5.56 Å². The van der Waals surface area contributed by atoms with E-state index in [9.17, 15) is 9.59 Å². The molecule has 2 heterocycles. The molecule has 140 valence electrons. The molecule has 0 radical (unpaired) electrons. The summed E-state index contributed by atoms with van der Waals surface area (Å²) in [7, 11) is 3.42. The molecule has 1 N–H and O–H groups in total. The van der Waals surface area contributed by atoms with Crippen LogP contribution in [0.1, 0.15) is 27.9 Å². The van der Waals surface area contributed by atoms with Gasteiger partial charge in [-0.25, -0.2) is 9.67 Å². The molecule has 0 spiro atoms. The SMILES string of the molecule is Cn1ccnc1[C@H](NC(=O)c1nn(C)c(=O)c2ccccc12)c1ccccc1. The van der Waals surface area contributed by atoms with Crippen LogP contribution in [0.15, 0.2) is 71.8 Å². The third-order valence-corrected chi connectivity index (χ3v) is 4.70. The number of nitrogens with zero attached hydrogens (tertiary/aromatic N) is 4. The number of nitrogens with one attached hydrogen (secondary N) is 1. The lowest BCUT2D eigenvalue weighted by atomic mass is 10.1. The van der Waals surface area contributed by atoms with Crippen molar-refractivity contribution in [1.29, 1.82) is 0 Å².